The highest BCUT2D eigenvalue weighted by Gasteiger charge is 2.40. The number of rotatable bonds is 7. The molecule has 2 amide bonds. The molecule has 1 unspecified atom stereocenters. The zero-order valence-corrected chi connectivity index (χ0v) is 23.4. The molecule has 2 aromatic heterocycles. The van der Waals surface area contributed by atoms with E-state index < -0.39 is 0 Å². The number of aromatic nitrogens is 2. The molecule has 0 aliphatic carbocycles. The van der Waals surface area contributed by atoms with Crippen molar-refractivity contribution in [1.29, 1.82) is 0 Å². The number of hydrogen-bond donors (Lipinski definition) is 1. The highest BCUT2D eigenvalue weighted by atomic mass is 32.2. The molecule has 0 spiro atoms. The Morgan fingerprint density at radius 1 is 1.25 bits per heavy atom. The molecule has 4 rings (SSSR count). The average molecular weight is 527 g/mol. The second-order valence-corrected chi connectivity index (χ2v) is 12.1. The molecular formula is C27H34N4O3S2. The molecule has 3 aromatic rings. The summed E-state index contributed by atoms with van der Waals surface area (Å²) in [6.07, 6.45) is 0. The van der Waals surface area contributed by atoms with Crippen LogP contribution < -0.4 is 10.2 Å². The second-order valence-electron chi connectivity index (χ2n) is 10.1. The highest BCUT2D eigenvalue weighted by Crippen LogP contribution is 2.49. The van der Waals surface area contributed by atoms with Crippen molar-refractivity contribution in [2.45, 2.75) is 45.3 Å². The third-order valence-corrected chi connectivity index (χ3v) is 8.43. The Balaban J connectivity index is 1.96. The molecule has 1 N–H and O–H groups in total. The van der Waals surface area contributed by atoms with Crippen LogP contribution >= 0.6 is 23.1 Å². The summed E-state index contributed by atoms with van der Waals surface area (Å²) < 4.78 is 6.95. The first-order valence-corrected chi connectivity index (χ1v) is 14.0. The van der Waals surface area contributed by atoms with Gasteiger partial charge in [0.1, 0.15) is 12.4 Å². The summed E-state index contributed by atoms with van der Waals surface area (Å²) in [5.41, 5.74) is 4.78. The Bertz CT molecular complexity index is 1240. The lowest BCUT2D eigenvalue weighted by Crippen LogP contribution is -2.43. The Kier molecular flexibility index (Phi) is 7.92. The number of methoxy groups -OCH3 is 1. The normalized spacial score (nSPS) is 16.1. The number of thioether (sulfide) groups is 1. The molecule has 0 fully saturated rings. The van der Waals surface area contributed by atoms with Gasteiger partial charge in [0.15, 0.2) is 0 Å². The van der Waals surface area contributed by atoms with Gasteiger partial charge >= 0.3 is 0 Å². The highest BCUT2D eigenvalue weighted by molar-refractivity contribution is 8.00. The lowest BCUT2D eigenvalue weighted by Gasteiger charge is -2.24. The van der Waals surface area contributed by atoms with Gasteiger partial charge in [-0.3, -0.25) is 14.5 Å². The van der Waals surface area contributed by atoms with E-state index in [0.717, 1.165) is 28.1 Å². The topological polar surface area (TPSA) is 76.5 Å². The molecule has 0 saturated heterocycles. The Morgan fingerprint density at radius 2 is 2.03 bits per heavy atom. The molecule has 1 aliphatic rings. The Labute approximate surface area is 221 Å². The summed E-state index contributed by atoms with van der Waals surface area (Å²) in [6, 6.07) is 10.4. The summed E-state index contributed by atoms with van der Waals surface area (Å²) in [5, 5.41) is 10.0. The fourth-order valence-electron chi connectivity index (χ4n) is 4.44. The molecule has 3 heterocycles. The fourth-order valence-corrected chi connectivity index (χ4v) is 6.62. The molecule has 0 radical (unpaired) electrons. The molecule has 7 nitrogen and oxygen atoms in total. The zero-order chi connectivity index (χ0) is 26.0. The van der Waals surface area contributed by atoms with Crippen molar-refractivity contribution < 1.29 is 14.3 Å². The standard InChI is InChI=1S/C27H34N4O3S2/c1-17-9-10-19(18(2)14-17)31-26-23(25(29-31)27(3,4)5)24(20-8-7-13-35-20)36-16-22(33)30(26)15-21(32)28-11-12-34-6/h7-10,13-14,24H,11-12,15-16H2,1-6H3,(H,28,32). The average Bonchev–Trinajstić information content (AvgIpc) is 3.44. The number of thiophene rings is 1. The predicted octanol–water partition coefficient (Wildman–Crippen LogP) is 4.78. The minimum Gasteiger partial charge on any atom is -0.383 e. The van der Waals surface area contributed by atoms with Crippen LogP contribution in [0.2, 0.25) is 0 Å². The van der Waals surface area contributed by atoms with E-state index in [1.54, 1.807) is 35.1 Å². The zero-order valence-electron chi connectivity index (χ0n) is 21.8. The summed E-state index contributed by atoms with van der Waals surface area (Å²) in [5.74, 6) is 0.631. The van der Waals surface area contributed by atoms with Crippen LogP contribution in [0.1, 0.15) is 53.3 Å². The number of carbonyl (C=O) groups excluding carboxylic acids is 2. The minimum atomic E-state index is -0.274. The Morgan fingerprint density at radius 3 is 2.67 bits per heavy atom. The van der Waals surface area contributed by atoms with Crippen molar-refractivity contribution in [1.82, 2.24) is 15.1 Å². The largest absolute Gasteiger partial charge is 0.383 e. The number of amides is 2. The third-order valence-electron chi connectivity index (χ3n) is 6.11. The van der Waals surface area contributed by atoms with Gasteiger partial charge in [-0.05, 0) is 36.9 Å². The lowest BCUT2D eigenvalue weighted by molar-refractivity contribution is -0.123. The van der Waals surface area contributed by atoms with Crippen molar-refractivity contribution in [3.63, 3.8) is 0 Å². The number of fused-ring (bicyclic) bond motifs is 1. The van der Waals surface area contributed by atoms with Crippen molar-refractivity contribution in [2.75, 3.05) is 37.5 Å². The summed E-state index contributed by atoms with van der Waals surface area (Å²) in [7, 11) is 1.59. The van der Waals surface area contributed by atoms with Gasteiger partial charge in [-0.15, -0.1) is 23.1 Å². The summed E-state index contributed by atoms with van der Waals surface area (Å²) >= 11 is 3.29. The van der Waals surface area contributed by atoms with Gasteiger partial charge in [0.2, 0.25) is 11.8 Å². The number of ether oxygens (including phenoxy) is 1. The number of nitrogens with zero attached hydrogens (tertiary/aromatic N) is 3. The van der Waals surface area contributed by atoms with E-state index in [9.17, 15) is 9.59 Å². The van der Waals surface area contributed by atoms with Crippen LogP contribution in [0, 0.1) is 13.8 Å². The van der Waals surface area contributed by atoms with Crippen LogP contribution in [0.4, 0.5) is 5.82 Å². The first-order valence-electron chi connectivity index (χ1n) is 12.0. The second kappa shape index (κ2) is 10.8. The van der Waals surface area contributed by atoms with E-state index in [1.165, 1.54) is 4.88 Å². The van der Waals surface area contributed by atoms with Gasteiger partial charge in [-0.2, -0.15) is 5.10 Å². The third kappa shape index (κ3) is 5.38. The molecule has 36 heavy (non-hydrogen) atoms. The van der Waals surface area contributed by atoms with Crippen LogP contribution in [0.25, 0.3) is 5.69 Å². The Hall–Kier alpha value is -2.62. The molecule has 9 heteroatoms. The molecule has 1 atom stereocenters. The maximum absolute atomic E-state index is 13.6. The van der Waals surface area contributed by atoms with E-state index in [1.807, 2.05) is 16.8 Å². The number of benzene rings is 1. The first kappa shape index (κ1) is 26.4. The van der Waals surface area contributed by atoms with Gasteiger partial charge in [0.25, 0.3) is 0 Å². The molecule has 1 aromatic carbocycles. The van der Waals surface area contributed by atoms with Crippen molar-refractivity contribution in [2.24, 2.45) is 0 Å². The molecular weight excluding hydrogens is 492 g/mol. The van der Waals surface area contributed by atoms with Crippen LogP contribution in [-0.4, -0.2) is 54.2 Å². The maximum atomic E-state index is 13.6. The molecule has 192 valence electrons. The van der Waals surface area contributed by atoms with Crippen molar-refractivity contribution in [3.8, 4) is 5.69 Å². The van der Waals surface area contributed by atoms with Gasteiger partial charge in [0, 0.05) is 29.5 Å². The van der Waals surface area contributed by atoms with Crippen LogP contribution in [-0.2, 0) is 19.7 Å². The quantitative estimate of drug-likeness (QED) is 0.449. The fraction of sp³-hybridized carbons (Fsp3) is 0.444. The van der Waals surface area contributed by atoms with Crippen molar-refractivity contribution in [3.05, 3.63) is 63.0 Å². The van der Waals surface area contributed by atoms with E-state index >= 15 is 0 Å². The monoisotopic (exact) mass is 526 g/mol. The number of nitrogens with one attached hydrogen (secondary N) is 1. The molecule has 0 bridgehead atoms. The van der Waals surface area contributed by atoms with E-state index in [-0.39, 0.29) is 34.8 Å². The van der Waals surface area contributed by atoms with Gasteiger partial charge < -0.3 is 10.1 Å². The first-order chi connectivity index (χ1) is 17.1. The maximum Gasteiger partial charge on any atom is 0.240 e. The van der Waals surface area contributed by atoms with Crippen LogP contribution in [0.5, 0.6) is 0 Å². The smallest absolute Gasteiger partial charge is 0.240 e. The number of carbonyl (C=O) groups is 2. The van der Waals surface area contributed by atoms with Crippen LogP contribution in [0.3, 0.4) is 0 Å². The summed E-state index contributed by atoms with van der Waals surface area (Å²) in [6.45, 7) is 11.3. The number of aryl methyl sites for hydroxylation is 2. The number of hydrogen-bond acceptors (Lipinski definition) is 6. The predicted molar refractivity (Wildman–Crippen MR) is 148 cm³/mol. The van der Waals surface area contributed by atoms with E-state index in [2.05, 4.69) is 63.5 Å². The number of anilines is 1. The molecule has 1 aliphatic heterocycles. The van der Waals surface area contributed by atoms with Crippen molar-refractivity contribution >= 4 is 40.7 Å². The lowest BCUT2D eigenvalue weighted by atomic mass is 9.88. The van der Waals surface area contributed by atoms with Crippen LogP contribution in [0.15, 0.2) is 35.7 Å². The summed E-state index contributed by atoms with van der Waals surface area (Å²) in [4.78, 5) is 29.3. The van der Waals surface area contributed by atoms with E-state index in [4.69, 9.17) is 9.84 Å². The SMILES string of the molecule is COCCNC(=O)CN1C(=O)CSC(c2cccs2)c2c(C(C)(C)C)nn(-c3ccc(C)cc3C)c21. The van der Waals surface area contributed by atoms with E-state index in [0.29, 0.717) is 19.0 Å². The molecule has 0 saturated carbocycles. The van der Waals surface area contributed by atoms with Gasteiger partial charge in [-0.1, -0.05) is 44.5 Å². The minimum absolute atomic E-state index is 0.0563. The van der Waals surface area contributed by atoms with Gasteiger partial charge in [-0.25, -0.2) is 4.68 Å². The van der Waals surface area contributed by atoms with Gasteiger partial charge in [0.05, 0.1) is 29.0 Å².